The Kier molecular flexibility index (Phi) is 4.30. The number of fused-ring (bicyclic) bond motifs is 2. The molecule has 5 rings (SSSR count). The lowest BCUT2D eigenvalue weighted by atomic mass is 10.1. The monoisotopic (exact) mass is 391 g/mol. The van der Waals surface area contributed by atoms with Crippen molar-refractivity contribution in [3.8, 4) is 5.75 Å². The first kappa shape index (κ1) is 17.8. The quantitative estimate of drug-likeness (QED) is 0.513. The minimum atomic E-state index is -0.421. The highest BCUT2D eigenvalue weighted by Gasteiger charge is 2.32. The maximum absolute atomic E-state index is 14.2. The number of methoxy groups -OCH3 is 1. The summed E-state index contributed by atoms with van der Waals surface area (Å²) in [5, 5.41) is 0.789. The van der Waals surface area contributed by atoms with Crippen LogP contribution in [0.2, 0.25) is 0 Å². The third-order valence-corrected chi connectivity index (χ3v) is 5.71. The van der Waals surface area contributed by atoms with Crippen molar-refractivity contribution in [2.75, 3.05) is 18.6 Å². The molecule has 2 aromatic heterocycles. The first-order valence-corrected chi connectivity index (χ1v) is 9.91. The highest BCUT2D eigenvalue weighted by Crippen LogP contribution is 2.39. The first-order chi connectivity index (χ1) is 14.2. The van der Waals surface area contributed by atoms with Gasteiger partial charge in [0.25, 0.3) is 0 Å². The fraction of sp³-hybridized carbons (Fsp3) is 0.318. The van der Waals surface area contributed by atoms with Gasteiger partial charge in [0.05, 0.1) is 29.7 Å². The van der Waals surface area contributed by atoms with Crippen LogP contribution in [0.3, 0.4) is 0 Å². The third kappa shape index (κ3) is 2.80. The Morgan fingerprint density at radius 1 is 1.17 bits per heavy atom. The summed E-state index contributed by atoms with van der Waals surface area (Å²) in [7, 11) is 1.47. The molecule has 0 aliphatic carbocycles. The Morgan fingerprint density at radius 3 is 2.86 bits per heavy atom. The van der Waals surface area contributed by atoms with Crippen LogP contribution in [0.25, 0.3) is 21.9 Å². The van der Waals surface area contributed by atoms with Crippen LogP contribution in [0.5, 0.6) is 5.75 Å². The predicted octanol–water partition coefficient (Wildman–Crippen LogP) is 4.49. The molecule has 0 bridgehead atoms. The summed E-state index contributed by atoms with van der Waals surface area (Å²) in [6.07, 6.45) is 3.54. The zero-order chi connectivity index (χ0) is 20.0. The molecule has 1 aliphatic heterocycles. The molecule has 1 atom stereocenters. The Hall–Kier alpha value is -3.22. The van der Waals surface area contributed by atoms with E-state index in [9.17, 15) is 4.39 Å². The van der Waals surface area contributed by atoms with Crippen molar-refractivity contribution >= 4 is 27.8 Å². The van der Waals surface area contributed by atoms with E-state index in [0.29, 0.717) is 5.52 Å². The van der Waals surface area contributed by atoms with Crippen LogP contribution >= 0.6 is 0 Å². The molecule has 7 heteroatoms. The van der Waals surface area contributed by atoms with Gasteiger partial charge in [-0.1, -0.05) is 12.1 Å². The van der Waals surface area contributed by atoms with Gasteiger partial charge in [-0.15, -0.1) is 0 Å². The second-order valence-corrected chi connectivity index (χ2v) is 7.26. The van der Waals surface area contributed by atoms with Crippen molar-refractivity contribution in [3.63, 3.8) is 0 Å². The van der Waals surface area contributed by atoms with Crippen LogP contribution < -0.4 is 9.64 Å². The lowest BCUT2D eigenvalue weighted by Gasteiger charge is -2.27. The SMILES string of the molecule is CCn1c([C@@H]2CCCN2c2ncnc3cc(F)c(OC)cc23)nc2ccccc21. The molecule has 6 nitrogen and oxygen atoms in total. The smallest absolute Gasteiger partial charge is 0.167 e. The summed E-state index contributed by atoms with van der Waals surface area (Å²) in [5.41, 5.74) is 2.73. The van der Waals surface area contributed by atoms with Crippen LogP contribution in [-0.2, 0) is 6.54 Å². The summed E-state index contributed by atoms with van der Waals surface area (Å²) in [6, 6.07) is 11.4. The molecular weight excluding hydrogens is 369 g/mol. The number of hydrogen-bond acceptors (Lipinski definition) is 5. The fourth-order valence-corrected chi connectivity index (χ4v) is 4.40. The van der Waals surface area contributed by atoms with Crippen molar-refractivity contribution < 1.29 is 9.13 Å². The van der Waals surface area contributed by atoms with Gasteiger partial charge in [-0.05, 0) is 38.0 Å². The Labute approximate surface area is 168 Å². The van der Waals surface area contributed by atoms with E-state index in [2.05, 4.69) is 38.5 Å². The molecule has 0 spiro atoms. The lowest BCUT2D eigenvalue weighted by molar-refractivity contribution is 0.387. The molecule has 0 amide bonds. The van der Waals surface area contributed by atoms with Gasteiger partial charge in [0, 0.05) is 24.5 Å². The predicted molar refractivity (Wildman–Crippen MR) is 111 cm³/mol. The van der Waals surface area contributed by atoms with Gasteiger partial charge in [-0.2, -0.15) is 0 Å². The Bertz CT molecular complexity index is 1200. The van der Waals surface area contributed by atoms with Crippen LogP contribution in [0.15, 0.2) is 42.7 Å². The number of anilines is 1. The number of imidazole rings is 1. The number of benzene rings is 2. The van der Waals surface area contributed by atoms with E-state index in [-0.39, 0.29) is 11.8 Å². The third-order valence-electron chi connectivity index (χ3n) is 5.71. The number of hydrogen-bond donors (Lipinski definition) is 0. The molecule has 0 unspecified atom stereocenters. The van der Waals surface area contributed by atoms with Crippen LogP contribution in [0, 0.1) is 5.82 Å². The molecule has 3 heterocycles. The number of nitrogens with zero attached hydrogens (tertiary/aromatic N) is 5. The lowest BCUT2D eigenvalue weighted by Crippen LogP contribution is -2.26. The van der Waals surface area contributed by atoms with E-state index in [1.807, 2.05) is 12.1 Å². The van der Waals surface area contributed by atoms with E-state index in [1.54, 1.807) is 6.07 Å². The van der Waals surface area contributed by atoms with Gasteiger partial charge in [-0.3, -0.25) is 0 Å². The van der Waals surface area contributed by atoms with Crippen LogP contribution in [0.4, 0.5) is 10.2 Å². The van der Waals surface area contributed by atoms with Crippen molar-refractivity contribution in [3.05, 3.63) is 54.4 Å². The summed E-state index contributed by atoms with van der Waals surface area (Å²) < 4.78 is 21.6. The second kappa shape index (κ2) is 6.99. The minimum absolute atomic E-state index is 0.108. The summed E-state index contributed by atoms with van der Waals surface area (Å²) in [4.78, 5) is 16.1. The molecular formula is C22H22FN5O. The largest absolute Gasteiger partial charge is 0.494 e. The molecule has 0 N–H and O–H groups in total. The maximum Gasteiger partial charge on any atom is 0.167 e. The van der Waals surface area contributed by atoms with Gasteiger partial charge in [-0.25, -0.2) is 19.3 Å². The molecule has 29 heavy (non-hydrogen) atoms. The summed E-state index contributed by atoms with van der Waals surface area (Å²) >= 11 is 0. The standard InChI is InChI=1S/C22H22FN5O/c1-3-27-18-8-5-4-7-16(18)26-22(27)19-9-6-10-28(19)21-14-11-20(29-2)15(23)12-17(14)24-13-25-21/h4-5,7-8,11-13,19H,3,6,9-10H2,1-2H3/t19-/m0/s1. The van der Waals surface area contributed by atoms with E-state index in [0.717, 1.165) is 54.0 Å². The zero-order valence-electron chi connectivity index (χ0n) is 16.5. The Balaban J connectivity index is 1.66. The summed E-state index contributed by atoms with van der Waals surface area (Å²) in [6.45, 7) is 3.86. The Morgan fingerprint density at radius 2 is 2.03 bits per heavy atom. The van der Waals surface area contributed by atoms with Gasteiger partial charge in [0.15, 0.2) is 11.6 Å². The average Bonchev–Trinajstić information content (AvgIpc) is 3.36. The minimum Gasteiger partial charge on any atom is -0.494 e. The topological polar surface area (TPSA) is 56.1 Å². The van der Waals surface area contributed by atoms with E-state index >= 15 is 0 Å². The molecule has 4 aromatic rings. The molecule has 1 saturated heterocycles. The molecule has 0 saturated carbocycles. The highest BCUT2D eigenvalue weighted by molar-refractivity contribution is 5.91. The zero-order valence-corrected chi connectivity index (χ0v) is 16.5. The molecule has 1 fully saturated rings. The maximum atomic E-state index is 14.2. The van der Waals surface area contributed by atoms with Crippen molar-refractivity contribution in [2.24, 2.45) is 0 Å². The van der Waals surface area contributed by atoms with E-state index in [1.165, 1.54) is 19.5 Å². The molecule has 1 aliphatic rings. The first-order valence-electron chi connectivity index (χ1n) is 9.91. The number of rotatable bonds is 4. The molecule has 148 valence electrons. The van der Waals surface area contributed by atoms with Crippen molar-refractivity contribution in [1.29, 1.82) is 0 Å². The van der Waals surface area contributed by atoms with E-state index in [4.69, 9.17) is 9.72 Å². The number of aromatic nitrogens is 4. The number of ether oxygens (including phenoxy) is 1. The number of halogens is 1. The normalized spacial score (nSPS) is 16.8. The summed E-state index contributed by atoms with van der Waals surface area (Å²) in [5.74, 6) is 1.62. The van der Waals surface area contributed by atoms with Gasteiger partial charge >= 0.3 is 0 Å². The average molecular weight is 391 g/mol. The van der Waals surface area contributed by atoms with Crippen LogP contribution in [0.1, 0.15) is 31.6 Å². The molecule has 2 aromatic carbocycles. The molecule has 0 radical (unpaired) electrons. The van der Waals surface area contributed by atoms with Crippen LogP contribution in [-0.4, -0.2) is 33.2 Å². The van der Waals surface area contributed by atoms with Gasteiger partial charge in [0.2, 0.25) is 0 Å². The second-order valence-electron chi connectivity index (χ2n) is 7.26. The van der Waals surface area contributed by atoms with Gasteiger partial charge < -0.3 is 14.2 Å². The highest BCUT2D eigenvalue weighted by atomic mass is 19.1. The number of para-hydroxylation sites is 2. The fourth-order valence-electron chi connectivity index (χ4n) is 4.40. The van der Waals surface area contributed by atoms with Crippen molar-refractivity contribution in [2.45, 2.75) is 32.4 Å². The van der Waals surface area contributed by atoms with Crippen molar-refractivity contribution in [1.82, 2.24) is 19.5 Å². The van der Waals surface area contributed by atoms with E-state index < -0.39 is 5.82 Å². The number of aryl methyl sites for hydroxylation is 1. The van der Waals surface area contributed by atoms with Gasteiger partial charge in [0.1, 0.15) is 18.0 Å².